The third-order valence-electron chi connectivity index (χ3n) is 7.25. The van der Waals surface area contributed by atoms with Crippen LogP contribution in [0, 0.1) is 11.8 Å². The number of aryl methyl sites for hydroxylation is 1. The van der Waals surface area contributed by atoms with Crippen LogP contribution in [-0.2, 0) is 27.2 Å². The summed E-state index contributed by atoms with van der Waals surface area (Å²) in [7, 11) is 0. The molecular formula is C32H43N3O4. The van der Waals surface area contributed by atoms with Crippen molar-refractivity contribution in [3.05, 3.63) is 77.9 Å². The van der Waals surface area contributed by atoms with Gasteiger partial charge >= 0.3 is 0 Å². The first-order chi connectivity index (χ1) is 18.8. The molecule has 0 fully saturated rings. The van der Waals surface area contributed by atoms with Crippen molar-refractivity contribution in [2.45, 2.75) is 71.6 Å². The van der Waals surface area contributed by atoms with Crippen molar-refractivity contribution in [1.29, 1.82) is 0 Å². The van der Waals surface area contributed by atoms with Gasteiger partial charge in [-0.25, -0.2) is 0 Å². The standard InChI is InChI=1S/C32H43N3O4/c1-5-22(2)30-28(36)18-17-23(3)31(37)35-27(20-25-12-7-6-8-13-25)32(38)33-19-11-15-26-14-9-10-16-29(26)39-24(4)21-34-30/h6-10,12-14,16-18,22-24,27,30,34H,5,11,15,19-21H2,1-4H3,(H,33,38)(H,35,37)/b18-17+/t22?,23-,24-,27+,30-/m0/s1. The molecular weight excluding hydrogens is 490 g/mol. The quantitative estimate of drug-likeness (QED) is 0.552. The van der Waals surface area contributed by atoms with Crippen LogP contribution >= 0.6 is 0 Å². The highest BCUT2D eigenvalue weighted by Crippen LogP contribution is 2.21. The molecule has 0 aliphatic carbocycles. The van der Waals surface area contributed by atoms with Crippen LogP contribution in [-0.4, -0.2) is 48.9 Å². The predicted octanol–water partition coefficient (Wildman–Crippen LogP) is 4.01. The monoisotopic (exact) mass is 533 g/mol. The molecule has 0 saturated heterocycles. The van der Waals surface area contributed by atoms with Crippen molar-refractivity contribution >= 4 is 17.6 Å². The zero-order valence-electron chi connectivity index (χ0n) is 23.6. The number of ether oxygens (including phenoxy) is 1. The molecule has 0 bridgehead atoms. The zero-order chi connectivity index (χ0) is 28.2. The number of carbonyl (C=O) groups excluding carboxylic acids is 3. The van der Waals surface area contributed by atoms with Crippen molar-refractivity contribution in [1.82, 2.24) is 16.0 Å². The average molecular weight is 534 g/mol. The molecule has 7 nitrogen and oxygen atoms in total. The summed E-state index contributed by atoms with van der Waals surface area (Å²) in [4.78, 5) is 39.4. The lowest BCUT2D eigenvalue weighted by molar-refractivity contribution is -0.130. The minimum Gasteiger partial charge on any atom is -0.489 e. The van der Waals surface area contributed by atoms with Gasteiger partial charge in [-0.3, -0.25) is 14.4 Å². The lowest BCUT2D eigenvalue weighted by Crippen LogP contribution is -2.49. The maximum atomic E-state index is 13.2. The molecule has 2 aromatic rings. The Hall–Kier alpha value is -3.45. The molecule has 1 aliphatic heterocycles. The van der Waals surface area contributed by atoms with Crippen LogP contribution in [0.15, 0.2) is 66.7 Å². The van der Waals surface area contributed by atoms with E-state index < -0.39 is 12.0 Å². The molecule has 0 aromatic heterocycles. The Bertz CT molecular complexity index is 1120. The first-order valence-corrected chi connectivity index (χ1v) is 14.1. The molecule has 5 atom stereocenters. The van der Waals surface area contributed by atoms with Gasteiger partial charge in [-0.15, -0.1) is 0 Å². The molecule has 2 aromatic carbocycles. The van der Waals surface area contributed by atoms with Crippen molar-refractivity contribution in [2.24, 2.45) is 11.8 Å². The molecule has 1 unspecified atom stereocenters. The van der Waals surface area contributed by atoms with Gasteiger partial charge in [0.2, 0.25) is 11.8 Å². The summed E-state index contributed by atoms with van der Waals surface area (Å²) in [6.07, 6.45) is 5.64. The van der Waals surface area contributed by atoms with Crippen molar-refractivity contribution in [2.75, 3.05) is 13.1 Å². The molecule has 1 heterocycles. The van der Waals surface area contributed by atoms with Crippen LogP contribution in [0.5, 0.6) is 5.75 Å². The lowest BCUT2D eigenvalue weighted by Gasteiger charge is -2.25. The van der Waals surface area contributed by atoms with Gasteiger partial charge in [-0.05, 0) is 49.0 Å². The van der Waals surface area contributed by atoms with Gasteiger partial charge in [0.1, 0.15) is 17.9 Å². The number of para-hydroxylation sites is 1. The fourth-order valence-corrected chi connectivity index (χ4v) is 4.60. The van der Waals surface area contributed by atoms with Gasteiger partial charge in [0.15, 0.2) is 5.78 Å². The topological polar surface area (TPSA) is 96.5 Å². The highest BCUT2D eigenvalue weighted by atomic mass is 16.5. The number of carbonyl (C=O) groups is 3. The van der Waals surface area contributed by atoms with E-state index in [1.807, 2.05) is 68.4 Å². The van der Waals surface area contributed by atoms with Gasteiger partial charge in [0.05, 0.1) is 12.0 Å². The van der Waals surface area contributed by atoms with Crippen LogP contribution in [0.25, 0.3) is 0 Å². The molecule has 1 aliphatic rings. The van der Waals surface area contributed by atoms with Crippen LogP contribution in [0.4, 0.5) is 0 Å². The number of ketones is 1. The lowest BCUT2D eigenvalue weighted by atomic mass is 9.94. The van der Waals surface area contributed by atoms with E-state index in [0.29, 0.717) is 19.5 Å². The van der Waals surface area contributed by atoms with Crippen molar-refractivity contribution in [3.63, 3.8) is 0 Å². The summed E-state index contributed by atoms with van der Waals surface area (Å²) in [6.45, 7) is 8.81. The zero-order valence-corrected chi connectivity index (χ0v) is 23.6. The van der Waals surface area contributed by atoms with Gasteiger partial charge in [-0.2, -0.15) is 0 Å². The number of nitrogens with one attached hydrogen (secondary N) is 3. The van der Waals surface area contributed by atoms with Crippen LogP contribution < -0.4 is 20.7 Å². The van der Waals surface area contributed by atoms with E-state index in [1.165, 1.54) is 6.08 Å². The summed E-state index contributed by atoms with van der Waals surface area (Å²) >= 11 is 0. The van der Waals surface area contributed by atoms with Gasteiger partial charge in [-0.1, -0.05) is 81.8 Å². The highest BCUT2D eigenvalue weighted by Gasteiger charge is 2.25. The summed E-state index contributed by atoms with van der Waals surface area (Å²) in [5, 5.41) is 9.31. The van der Waals surface area contributed by atoms with E-state index >= 15 is 0 Å². The molecule has 7 heteroatoms. The fraction of sp³-hybridized carbons (Fsp3) is 0.469. The normalized spacial score (nSPS) is 25.5. The number of hydrogen-bond donors (Lipinski definition) is 3. The van der Waals surface area contributed by atoms with E-state index in [9.17, 15) is 14.4 Å². The SMILES string of the molecule is CCC(C)[C@@H]1NC[C@H](C)Oc2ccccc2CCCNC(=O)[C@@H](Cc2ccccc2)NC(=O)[C@@H](C)/C=C/C1=O. The van der Waals surface area contributed by atoms with Crippen LogP contribution in [0.3, 0.4) is 0 Å². The molecule has 0 saturated carbocycles. The molecule has 39 heavy (non-hydrogen) atoms. The van der Waals surface area contributed by atoms with Gasteiger partial charge in [0.25, 0.3) is 0 Å². The minimum atomic E-state index is -0.723. The third kappa shape index (κ3) is 9.36. The predicted molar refractivity (Wildman–Crippen MR) is 154 cm³/mol. The molecule has 210 valence electrons. The van der Waals surface area contributed by atoms with Crippen LogP contribution in [0.2, 0.25) is 0 Å². The second-order valence-electron chi connectivity index (χ2n) is 10.5. The Balaban J connectivity index is 1.85. The number of amides is 2. The minimum absolute atomic E-state index is 0.0758. The number of fused-ring (bicyclic) bond motifs is 1. The molecule has 3 N–H and O–H groups in total. The Labute approximate surface area is 232 Å². The summed E-state index contributed by atoms with van der Waals surface area (Å²) in [5.41, 5.74) is 2.02. The average Bonchev–Trinajstić information content (AvgIpc) is 2.94. The largest absolute Gasteiger partial charge is 0.489 e. The van der Waals surface area contributed by atoms with E-state index in [0.717, 1.165) is 36.1 Å². The Morgan fingerprint density at radius 1 is 0.974 bits per heavy atom. The summed E-state index contributed by atoms with van der Waals surface area (Å²) in [5.74, 6) is -0.248. The first-order valence-electron chi connectivity index (χ1n) is 14.1. The molecule has 3 rings (SSSR count). The highest BCUT2D eigenvalue weighted by molar-refractivity contribution is 5.95. The number of rotatable bonds is 4. The maximum Gasteiger partial charge on any atom is 0.242 e. The van der Waals surface area contributed by atoms with Crippen LogP contribution in [0.1, 0.15) is 51.7 Å². The van der Waals surface area contributed by atoms with Gasteiger partial charge in [0, 0.05) is 19.5 Å². The van der Waals surface area contributed by atoms with Crippen molar-refractivity contribution in [3.8, 4) is 5.75 Å². The van der Waals surface area contributed by atoms with Crippen molar-refractivity contribution < 1.29 is 19.1 Å². The second-order valence-corrected chi connectivity index (χ2v) is 10.5. The van der Waals surface area contributed by atoms with E-state index in [4.69, 9.17) is 4.74 Å². The fourth-order valence-electron chi connectivity index (χ4n) is 4.60. The Morgan fingerprint density at radius 3 is 2.44 bits per heavy atom. The Morgan fingerprint density at radius 2 is 1.69 bits per heavy atom. The number of benzene rings is 2. The van der Waals surface area contributed by atoms with Gasteiger partial charge < -0.3 is 20.7 Å². The molecule has 0 radical (unpaired) electrons. The number of hydrogen-bond acceptors (Lipinski definition) is 5. The third-order valence-corrected chi connectivity index (χ3v) is 7.25. The maximum absolute atomic E-state index is 13.2. The first kappa shape index (κ1) is 30.1. The Kier molecular flexibility index (Phi) is 11.7. The second kappa shape index (κ2) is 15.2. The van der Waals surface area contributed by atoms with E-state index in [1.54, 1.807) is 13.0 Å². The molecule has 0 spiro atoms. The summed E-state index contributed by atoms with van der Waals surface area (Å²) in [6, 6.07) is 16.4. The molecule has 2 amide bonds. The smallest absolute Gasteiger partial charge is 0.242 e. The van der Waals surface area contributed by atoms with E-state index in [-0.39, 0.29) is 35.7 Å². The van der Waals surface area contributed by atoms with E-state index in [2.05, 4.69) is 22.9 Å². The summed E-state index contributed by atoms with van der Waals surface area (Å²) < 4.78 is 6.26.